The number of piperidine rings is 1. The fourth-order valence-corrected chi connectivity index (χ4v) is 3.59. The van der Waals surface area contributed by atoms with Crippen LogP contribution in [0.2, 0.25) is 0 Å². The van der Waals surface area contributed by atoms with E-state index in [1.54, 1.807) is 5.01 Å². The number of anilines is 1. The third-order valence-electron chi connectivity index (χ3n) is 4.73. The van der Waals surface area contributed by atoms with E-state index in [2.05, 4.69) is 22.4 Å². The summed E-state index contributed by atoms with van der Waals surface area (Å²) in [5.41, 5.74) is 1.93. The lowest BCUT2D eigenvalue weighted by atomic mass is 9.82. The molecule has 2 bridgehead atoms. The molecule has 3 atom stereocenters. The molecule has 1 N–H and O–H groups in total. The van der Waals surface area contributed by atoms with Gasteiger partial charge in [0.2, 0.25) is 0 Å². The lowest BCUT2D eigenvalue weighted by Gasteiger charge is -2.46. The summed E-state index contributed by atoms with van der Waals surface area (Å²) in [6.07, 6.45) is 0.889. The lowest BCUT2D eigenvalue weighted by molar-refractivity contribution is -0.122. The Morgan fingerprint density at radius 1 is 1.25 bits per heavy atom. The van der Waals surface area contributed by atoms with Gasteiger partial charge in [0, 0.05) is 31.6 Å². The number of benzene rings is 1. The number of nitrogens with one attached hydrogen (secondary N) is 1. The molecular formula is C15H18N4O. The molecule has 3 unspecified atom stereocenters. The first-order valence-corrected chi connectivity index (χ1v) is 7.15. The summed E-state index contributed by atoms with van der Waals surface area (Å²) in [7, 11) is 2.13. The highest BCUT2D eigenvalue weighted by Crippen LogP contribution is 2.34. The van der Waals surface area contributed by atoms with Gasteiger partial charge in [-0.2, -0.15) is 5.10 Å². The van der Waals surface area contributed by atoms with Crippen molar-refractivity contribution >= 4 is 17.3 Å². The van der Waals surface area contributed by atoms with Crippen molar-refractivity contribution < 1.29 is 4.79 Å². The summed E-state index contributed by atoms with van der Waals surface area (Å²) in [6, 6.07) is 10.4. The fourth-order valence-electron chi connectivity index (χ4n) is 3.59. The molecule has 1 aromatic rings. The molecule has 104 valence electrons. The van der Waals surface area contributed by atoms with Gasteiger partial charge in [-0.3, -0.25) is 9.69 Å². The molecule has 2 fully saturated rings. The highest BCUT2D eigenvalue weighted by Gasteiger charge is 2.49. The van der Waals surface area contributed by atoms with Crippen LogP contribution < -0.4 is 10.3 Å². The fraction of sp³-hybridized carbons (Fsp3) is 0.467. The summed E-state index contributed by atoms with van der Waals surface area (Å²) in [5, 5.41) is 9.65. The SMILES string of the molecule is CN1C2CNCC1C1C(=O)N(c3ccccc3)N=C1C2. The number of piperazine rings is 1. The van der Waals surface area contributed by atoms with E-state index in [9.17, 15) is 4.79 Å². The molecule has 0 aromatic heterocycles. The maximum absolute atomic E-state index is 12.7. The average Bonchev–Trinajstić information content (AvgIpc) is 2.77. The van der Waals surface area contributed by atoms with Crippen molar-refractivity contribution in [3.63, 3.8) is 0 Å². The van der Waals surface area contributed by atoms with Gasteiger partial charge in [-0.1, -0.05) is 18.2 Å². The number of likely N-dealkylation sites (N-methyl/N-ethyl adjacent to an activating group) is 1. The zero-order valence-electron chi connectivity index (χ0n) is 11.5. The number of para-hydroxylation sites is 1. The van der Waals surface area contributed by atoms with Crippen LogP contribution in [0.3, 0.4) is 0 Å². The van der Waals surface area contributed by atoms with Gasteiger partial charge in [-0.15, -0.1) is 0 Å². The molecule has 4 rings (SSSR count). The third-order valence-corrected chi connectivity index (χ3v) is 4.73. The van der Waals surface area contributed by atoms with Gasteiger partial charge in [0.1, 0.15) is 0 Å². The monoisotopic (exact) mass is 270 g/mol. The van der Waals surface area contributed by atoms with Crippen molar-refractivity contribution in [3.05, 3.63) is 30.3 Å². The van der Waals surface area contributed by atoms with E-state index in [4.69, 9.17) is 0 Å². The first-order chi connectivity index (χ1) is 9.75. The Hall–Kier alpha value is -1.72. The van der Waals surface area contributed by atoms with Gasteiger partial charge in [0.25, 0.3) is 5.91 Å². The largest absolute Gasteiger partial charge is 0.314 e. The zero-order valence-corrected chi connectivity index (χ0v) is 11.5. The van der Waals surface area contributed by atoms with E-state index in [1.165, 1.54) is 0 Å². The summed E-state index contributed by atoms with van der Waals surface area (Å²) in [6.45, 7) is 1.85. The van der Waals surface area contributed by atoms with Crippen LogP contribution in [-0.2, 0) is 4.79 Å². The van der Waals surface area contributed by atoms with Gasteiger partial charge in [0.05, 0.1) is 17.3 Å². The molecule has 1 aromatic carbocycles. The Balaban J connectivity index is 1.70. The van der Waals surface area contributed by atoms with Crippen molar-refractivity contribution in [1.82, 2.24) is 10.2 Å². The normalized spacial score (nSPS) is 33.0. The standard InChI is InChI=1S/C15H18N4O/c1-18-11-7-12-14(13(18)9-16-8-11)15(20)19(17-12)10-5-3-2-4-6-10/h2-6,11,13-14,16H,7-9H2,1H3. The molecule has 3 heterocycles. The molecule has 0 aliphatic carbocycles. The van der Waals surface area contributed by atoms with E-state index in [1.807, 2.05) is 30.3 Å². The highest BCUT2D eigenvalue weighted by molar-refractivity contribution is 6.16. The lowest BCUT2D eigenvalue weighted by Crippen LogP contribution is -2.64. The summed E-state index contributed by atoms with van der Waals surface area (Å²) < 4.78 is 0. The Morgan fingerprint density at radius 3 is 2.85 bits per heavy atom. The highest BCUT2D eigenvalue weighted by atomic mass is 16.2. The van der Waals surface area contributed by atoms with Crippen molar-refractivity contribution in [2.24, 2.45) is 11.0 Å². The number of carbonyl (C=O) groups is 1. The van der Waals surface area contributed by atoms with Gasteiger partial charge < -0.3 is 5.32 Å². The number of carbonyl (C=O) groups excluding carboxylic acids is 1. The Labute approximate surface area is 118 Å². The van der Waals surface area contributed by atoms with Crippen LogP contribution in [0.25, 0.3) is 0 Å². The smallest absolute Gasteiger partial charge is 0.257 e. The number of nitrogens with zero attached hydrogens (tertiary/aromatic N) is 3. The molecular weight excluding hydrogens is 252 g/mol. The molecule has 3 aliphatic heterocycles. The molecule has 0 spiro atoms. The number of fused-ring (bicyclic) bond motifs is 4. The molecule has 1 amide bonds. The van der Waals surface area contributed by atoms with Crippen molar-refractivity contribution in [2.45, 2.75) is 18.5 Å². The molecule has 5 heteroatoms. The molecule has 0 radical (unpaired) electrons. The van der Waals surface area contributed by atoms with Crippen LogP contribution in [0, 0.1) is 5.92 Å². The van der Waals surface area contributed by atoms with E-state index in [-0.39, 0.29) is 17.9 Å². The Morgan fingerprint density at radius 2 is 2.05 bits per heavy atom. The van der Waals surface area contributed by atoms with E-state index < -0.39 is 0 Å². The number of hydrogen-bond acceptors (Lipinski definition) is 4. The number of amides is 1. The van der Waals surface area contributed by atoms with Crippen LogP contribution >= 0.6 is 0 Å². The number of hydrogen-bond donors (Lipinski definition) is 1. The van der Waals surface area contributed by atoms with Crippen LogP contribution in [0.4, 0.5) is 5.69 Å². The van der Waals surface area contributed by atoms with Crippen LogP contribution in [0.15, 0.2) is 35.4 Å². The van der Waals surface area contributed by atoms with Gasteiger partial charge in [0.15, 0.2) is 0 Å². The minimum Gasteiger partial charge on any atom is -0.314 e. The quantitative estimate of drug-likeness (QED) is 0.816. The topological polar surface area (TPSA) is 47.9 Å². The van der Waals surface area contributed by atoms with E-state index in [0.29, 0.717) is 6.04 Å². The molecule has 3 aliphatic rings. The number of rotatable bonds is 1. The van der Waals surface area contributed by atoms with Crippen molar-refractivity contribution in [1.29, 1.82) is 0 Å². The first-order valence-electron chi connectivity index (χ1n) is 7.15. The van der Waals surface area contributed by atoms with E-state index >= 15 is 0 Å². The van der Waals surface area contributed by atoms with E-state index in [0.717, 1.165) is 30.9 Å². The van der Waals surface area contributed by atoms with Gasteiger partial charge >= 0.3 is 0 Å². The molecule has 0 saturated carbocycles. The summed E-state index contributed by atoms with van der Waals surface area (Å²) in [5.74, 6) is 0.0365. The average molecular weight is 270 g/mol. The molecule has 2 saturated heterocycles. The maximum Gasteiger partial charge on any atom is 0.257 e. The second kappa shape index (κ2) is 4.40. The Bertz CT molecular complexity index is 570. The van der Waals surface area contributed by atoms with Crippen LogP contribution in [0.5, 0.6) is 0 Å². The second-order valence-corrected chi connectivity index (χ2v) is 5.80. The summed E-state index contributed by atoms with van der Waals surface area (Å²) >= 11 is 0. The molecule has 20 heavy (non-hydrogen) atoms. The minimum absolute atomic E-state index is 0.0794. The zero-order chi connectivity index (χ0) is 13.7. The van der Waals surface area contributed by atoms with Crippen LogP contribution in [0.1, 0.15) is 6.42 Å². The minimum atomic E-state index is -0.0794. The predicted molar refractivity (Wildman–Crippen MR) is 77.7 cm³/mol. The molecule has 5 nitrogen and oxygen atoms in total. The maximum atomic E-state index is 12.7. The third kappa shape index (κ3) is 1.63. The Kier molecular flexibility index (Phi) is 2.65. The number of hydrazone groups is 1. The second-order valence-electron chi connectivity index (χ2n) is 5.80. The van der Waals surface area contributed by atoms with Crippen molar-refractivity contribution in [3.8, 4) is 0 Å². The predicted octanol–water partition coefficient (Wildman–Crippen LogP) is 0.681. The van der Waals surface area contributed by atoms with Gasteiger partial charge in [-0.25, -0.2) is 5.01 Å². The van der Waals surface area contributed by atoms with Crippen molar-refractivity contribution in [2.75, 3.05) is 25.1 Å². The first kappa shape index (κ1) is 12.1. The van der Waals surface area contributed by atoms with Gasteiger partial charge in [-0.05, 0) is 19.2 Å². The summed E-state index contributed by atoms with van der Waals surface area (Å²) in [4.78, 5) is 15.1. The van der Waals surface area contributed by atoms with Crippen LogP contribution in [-0.4, -0.2) is 48.7 Å².